The average Bonchev–Trinajstić information content (AvgIpc) is 2.50. The number of aryl methyl sites for hydroxylation is 3. The van der Waals surface area contributed by atoms with Gasteiger partial charge in [0, 0.05) is 18.2 Å². The van der Waals surface area contributed by atoms with Crippen molar-refractivity contribution in [1.82, 2.24) is 4.72 Å². The predicted octanol–water partition coefficient (Wildman–Crippen LogP) is 3.56. The molecule has 0 aliphatic carbocycles. The Hall–Kier alpha value is -2.25. The van der Waals surface area contributed by atoms with Gasteiger partial charge >= 0.3 is 0 Å². The van der Waals surface area contributed by atoms with Crippen LogP contribution < -0.4 is 4.72 Å². The van der Waals surface area contributed by atoms with Crippen LogP contribution in [0, 0.1) is 30.9 Å². The van der Waals surface area contributed by atoms with Gasteiger partial charge in [0.2, 0.25) is 10.0 Å². The molecule has 2 aromatic rings. The van der Waals surface area contributed by atoms with E-state index in [4.69, 9.17) is 0 Å². The van der Waals surface area contributed by atoms with Gasteiger partial charge in [0.15, 0.2) is 0 Å². The summed E-state index contributed by atoms with van der Waals surface area (Å²) in [5.74, 6) is 0. The van der Waals surface area contributed by atoms with Gasteiger partial charge in [-0.2, -0.15) is 0 Å². The first-order chi connectivity index (χ1) is 11.1. The summed E-state index contributed by atoms with van der Waals surface area (Å²) in [5, 5.41) is 10.7. The number of benzene rings is 2. The lowest BCUT2D eigenvalue weighted by molar-refractivity contribution is -0.384. The molecule has 0 unspecified atom stereocenters. The van der Waals surface area contributed by atoms with Crippen LogP contribution in [0.4, 0.5) is 5.69 Å². The molecule has 0 spiro atoms. The Morgan fingerprint density at radius 2 is 1.54 bits per heavy atom. The van der Waals surface area contributed by atoms with Crippen molar-refractivity contribution < 1.29 is 13.3 Å². The van der Waals surface area contributed by atoms with Gasteiger partial charge in [0.25, 0.3) is 5.69 Å². The number of nitro benzene ring substituents is 1. The van der Waals surface area contributed by atoms with E-state index in [1.807, 2.05) is 32.9 Å². The van der Waals surface area contributed by atoms with Gasteiger partial charge in [0.05, 0.1) is 9.82 Å². The fourth-order valence-electron chi connectivity index (χ4n) is 2.56. The fraction of sp³-hybridized carbons (Fsp3) is 0.294. The molecule has 0 aliphatic rings. The first-order valence-electron chi connectivity index (χ1n) is 7.46. The van der Waals surface area contributed by atoms with Crippen LogP contribution in [0.15, 0.2) is 41.3 Å². The Kier molecular flexibility index (Phi) is 5.05. The molecule has 0 heterocycles. The maximum absolute atomic E-state index is 12.5. The van der Waals surface area contributed by atoms with Gasteiger partial charge in [-0.3, -0.25) is 10.1 Å². The largest absolute Gasteiger partial charge is 0.269 e. The van der Waals surface area contributed by atoms with Crippen LogP contribution in [0.5, 0.6) is 0 Å². The Labute approximate surface area is 141 Å². The molecule has 0 saturated heterocycles. The molecule has 2 rings (SSSR count). The number of hydrogen-bond acceptors (Lipinski definition) is 4. The number of hydrogen-bond donors (Lipinski definition) is 1. The number of sulfonamides is 1. The zero-order valence-corrected chi connectivity index (χ0v) is 14.8. The monoisotopic (exact) mass is 348 g/mol. The Bertz CT molecular complexity index is 874. The van der Waals surface area contributed by atoms with Gasteiger partial charge in [-0.25, -0.2) is 13.1 Å². The molecule has 0 saturated carbocycles. The first-order valence-corrected chi connectivity index (χ1v) is 8.94. The third-order valence-electron chi connectivity index (χ3n) is 4.04. The highest BCUT2D eigenvalue weighted by molar-refractivity contribution is 7.89. The van der Waals surface area contributed by atoms with E-state index in [9.17, 15) is 18.5 Å². The summed E-state index contributed by atoms with van der Waals surface area (Å²) in [6, 6.07) is 8.43. The summed E-state index contributed by atoms with van der Waals surface area (Å²) in [5.41, 5.74) is 4.02. The zero-order valence-electron chi connectivity index (χ0n) is 14.0. The Balaban J connectivity index is 2.28. The van der Waals surface area contributed by atoms with Gasteiger partial charge in [-0.1, -0.05) is 12.1 Å². The quantitative estimate of drug-likeness (QED) is 0.661. The van der Waals surface area contributed by atoms with E-state index in [1.54, 1.807) is 6.92 Å². The number of nitrogens with zero attached hydrogens (tertiary/aromatic N) is 1. The summed E-state index contributed by atoms with van der Waals surface area (Å²) in [6.07, 6.45) is 0. The number of nitro groups is 1. The molecule has 0 aliphatic heterocycles. The third kappa shape index (κ3) is 3.80. The minimum absolute atomic E-state index is 0.00133. The van der Waals surface area contributed by atoms with Crippen molar-refractivity contribution in [3.05, 3.63) is 68.8 Å². The third-order valence-corrected chi connectivity index (χ3v) is 5.60. The first kappa shape index (κ1) is 18.1. The van der Waals surface area contributed by atoms with Gasteiger partial charge in [-0.15, -0.1) is 0 Å². The molecule has 0 aromatic heterocycles. The number of non-ortho nitro benzene ring substituents is 1. The second kappa shape index (κ2) is 6.70. The minimum Gasteiger partial charge on any atom is -0.258 e. The molecule has 0 fully saturated rings. The SMILES string of the molecule is Cc1cc(C)c([C@H](C)NS(=O)(=O)c2ccc([N+](=O)[O-])cc2)cc1C. The van der Waals surface area contributed by atoms with Crippen LogP contribution in [-0.2, 0) is 10.0 Å². The van der Waals surface area contributed by atoms with Gasteiger partial charge in [0.1, 0.15) is 0 Å². The smallest absolute Gasteiger partial charge is 0.258 e. The lowest BCUT2D eigenvalue weighted by atomic mass is 9.97. The molecule has 0 amide bonds. The highest BCUT2D eigenvalue weighted by atomic mass is 32.2. The lowest BCUT2D eigenvalue weighted by Crippen LogP contribution is -2.27. The second-order valence-electron chi connectivity index (χ2n) is 5.89. The Morgan fingerprint density at radius 3 is 2.08 bits per heavy atom. The standard InChI is InChI=1S/C17H20N2O4S/c1-11-9-13(3)17(10-12(11)2)14(4)18-24(22,23)16-7-5-15(6-8-16)19(20)21/h5-10,14,18H,1-4H3/t14-/m0/s1. The van der Waals surface area contributed by atoms with E-state index in [0.717, 1.165) is 22.3 Å². The molecule has 0 bridgehead atoms. The van der Waals surface area contributed by atoms with Crippen LogP contribution in [0.2, 0.25) is 0 Å². The molecule has 2 aromatic carbocycles. The van der Waals surface area contributed by atoms with Crippen molar-refractivity contribution >= 4 is 15.7 Å². The molecule has 128 valence electrons. The molecule has 24 heavy (non-hydrogen) atoms. The fourth-order valence-corrected chi connectivity index (χ4v) is 3.78. The van der Waals surface area contributed by atoms with Crippen molar-refractivity contribution in [3.63, 3.8) is 0 Å². The van der Waals surface area contributed by atoms with Crippen LogP contribution in [0.25, 0.3) is 0 Å². The van der Waals surface area contributed by atoms with E-state index < -0.39 is 21.0 Å². The average molecular weight is 348 g/mol. The summed E-state index contributed by atoms with van der Waals surface area (Å²) in [6.45, 7) is 7.71. The van der Waals surface area contributed by atoms with Crippen molar-refractivity contribution in [3.8, 4) is 0 Å². The topological polar surface area (TPSA) is 89.3 Å². The molecule has 7 heteroatoms. The second-order valence-corrected chi connectivity index (χ2v) is 7.60. The number of rotatable bonds is 5. The van der Waals surface area contributed by atoms with Crippen LogP contribution in [0.3, 0.4) is 0 Å². The van der Waals surface area contributed by atoms with Gasteiger partial charge < -0.3 is 0 Å². The normalized spacial score (nSPS) is 12.8. The van der Waals surface area contributed by atoms with Crippen LogP contribution in [-0.4, -0.2) is 13.3 Å². The van der Waals surface area contributed by atoms with E-state index >= 15 is 0 Å². The van der Waals surface area contributed by atoms with Gasteiger partial charge in [-0.05, 0) is 62.1 Å². The minimum atomic E-state index is -3.76. The summed E-state index contributed by atoms with van der Waals surface area (Å²) in [7, 11) is -3.76. The van der Waals surface area contributed by atoms with E-state index in [2.05, 4.69) is 4.72 Å². The molecule has 1 atom stereocenters. The van der Waals surface area contributed by atoms with E-state index in [0.29, 0.717) is 0 Å². The van der Waals surface area contributed by atoms with E-state index in [-0.39, 0.29) is 10.6 Å². The highest BCUT2D eigenvalue weighted by Crippen LogP contribution is 2.24. The van der Waals surface area contributed by atoms with E-state index in [1.165, 1.54) is 24.3 Å². The van der Waals surface area contributed by atoms with Crippen molar-refractivity contribution in [2.75, 3.05) is 0 Å². The molecule has 1 N–H and O–H groups in total. The zero-order chi connectivity index (χ0) is 18.1. The maximum atomic E-state index is 12.5. The predicted molar refractivity (Wildman–Crippen MR) is 92.5 cm³/mol. The molecule has 6 nitrogen and oxygen atoms in total. The molecule has 0 radical (unpaired) electrons. The molecular formula is C17H20N2O4S. The summed E-state index contributed by atoms with van der Waals surface area (Å²) >= 11 is 0. The van der Waals surface area contributed by atoms with Crippen LogP contribution in [0.1, 0.15) is 35.2 Å². The maximum Gasteiger partial charge on any atom is 0.269 e. The summed E-state index contributed by atoms with van der Waals surface area (Å²) < 4.78 is 27.6. The Morgan fingerprint density at radius 1 is 1.00 bits per heavy atom. The van der Waals surface area contributed by atoms with Crippen molar-refractivity contribution in [2.45, 2.75) is 38.6 Å². The van der Waals surface area contributed by atoms with Crippen LogP contribution >= 0.6 is 0 Å². The van der Waals surface area contributed by atoms with Crippen molar-refractivity contribution in [2.24, 2.45) is 0 Å². The van der Waals surface area contributed by atoms with Crippen molar-refractivity contribution in [1.29, 1.82) is 0 Å². The molecular weight excluding hydrogens is 328 g/mol. The summed E-state index contributed by atoms with van der Waals surface area (Å²) in [4.78, 5) is 10.1. The number of nitrogens with one attached hydrogen (secondary N) is 1. The highest BCUT2D eigenvalue weighted by Gasteiger charge is 2.20. The lowest BCUT2D eigenvalue weighted by Gasteiger charge is -2.18.